The van der Waals surface area contributed by atoms with Gasteiger partial charge in [-0.25, -0.2) is 0 Å². The molecule has 0 aromatic heterocycles. The highest BCUT2D eigenvalue weighted by Crippen LogP contribution is 2.59. The number of para-hydroxylation sites is 1. The Balaban J connectivity index is 1.01. The molecule has 0 amide bonds. The summed E-state index contributed by atoms with van der Waals surface area (Å²) >= 11 is 0. The predicted molar refractivity (Wildman–Crippen MR) is 316 cm³/mol. The summed E-state index contributed by atoms with van der Waals surface area (Å²) in [6.07, 6.45) is 0. The van der Waals surface area contributed by atoms with E-state index in [9.17, 15) is 0 Å². The Morgan fingerprint density at radius 1 is 0.184 bits per heavy atom. The SMILES string of the molecule is c1ccc(-c2ccc(N(c3ccccc3)c3cccc(N(c4cccc(C5(c6ccccc6)c6ccccc6-c6ccccc65)c4)c4ccc5c(c4)C(c4ccccc4)(c4ccccc4)c4ccccc4-5)c3)cc2)cc1. The van der Waals surface area contributed by atoms with Crippen molar-refractivity contribution in [3.8, 4) is 33.4 Å². The molecule has 2 aliphatic carbocycles. The third-order valence-corrected chi connectivity index (χ3v) is 16.0. The maximum atomic E-state index is 2.49. The van der Waals surface area contributed by atoms with E-state index in [4.69, 9.17) is 0 Å². The van der Waals surface area contributed by atoms with Gasteiger partial charge >= 0.3 is 0 Å². The molecule has 12 aromatic carbocycles. The molecule has 0 radical (unpaired) electrons. The lowest BCUT2D eigenvalue weighted by atomic mass is 9.67. The fourth-order valence-electron chi connectivity index (χ4n) is 12.8. The summed E-state index contributed by atoms with van der Waals surface area (Å²) in [4.78, 5) is 4.86. The van der Waals surface area contributed by atoms with Crippen molar-refractivity contribution in [2.75, 3.05) is 9.80 Å². The van der Waals surface area contributed by atoms with Crippen LogP contribution in [0, 0.1) is 0 Å². The van der Waals surface area contributed by atoms with Crippen LogP contribution in [0.4, 0.5) is 34.1 Å². The van der Waals surface area contributed by atoms with E-state index in [1.807, 2.05) is 0 Å². The molecule has 0 unspecified atom stereocenters. The van der Waals surface area contributed by atoms with Crippen LogP contribution in [-0.2, 0) is 10.8 Å². The normalized spacial score (nSPS) is 13.2. The van der Waals surface area contributed by atoms with Gasteiger partial charge in [-0.3, -0.25) is 0 Å². The maximum Gasteiger partial charge on any atom is 0.0714 e. The van der Waals surface area contributed by atoms with E-state index in [2.05, 4.69) is 325 Å². The van der Waals surface area contributed by atoms with Gasteiger partial charge in [-0.15, -0.1) is 0 Å². The molecule has 76 heavy (non-hydrogen) atoms. The average Bonchev–Trinajstić information content (AvgIpc) is 3.97. The predicted octanol–water partition coefficient (Wildman–Crippen LogP) is 19.0. The zero-order chi connectivity index (χ0) is 50.5. The van der Waals surface area contributed by atoms with Gasteiger partial charge in [-0.1, -0.05) is 249 Å². The smallest absolute Gasteiger partial charge is 0.0714 e. The zero-order valence-electron chi connectivity index (χ0n) is 41.9. The first-order valence-electron chi connectivity index (χ1n) is 26.3. The molecule has 0 heterocycles. The summed E-state index contributed by atoms with van der Waals surface area (Å²) in [6.45, 7) is 0. The van der Waals surface area contributed by atoms with E-state index in [0.29, 0.717) is 0 Å². The molecule has 358 valence electrons. The molecule has 0 saturated carbocycles. The number of hydrogen-bond donors (Lipinski definition) is 0. The summed E-state index contributed by atoms with van der Waals surface area (Å²) < 4.78 is 0. The van der Waals surface area contributed by atoms with Crippen LogP contribution in [0.2, 0.25) is 0 Å². The van der Waals surface area contributed by atoms with Gasteiger partial charge in [0, 0.05) is 34.1 Å². The maximum absolute atomic E-state index is 2.49. The average molecular weight is 969 g/mol. The summed E-state index contributed by atoms with van der Waals surface area (Å²) in [5.74, 6) is 0. The van der Waals surface area contributed by atoms with Gasteiger partial charge in [-0.05, 0) is 145 Å². The molecule has 0 atom stereocenters. The molecule has 12 aromatic rings. The zero-order valence-corrected chi connectivity index (χ0v) is 41.9. The molecule has 0 N–H and O–H groups in total. The van der Waals surface area contributed by atoms with E-state index < -0.39 is 10.8 Å². The van der Waals surface area contributed by atoms with Crippen molar-refractivity contribution in [2.45, 2.75) is 10.8 Å². The van der Waals surface area contributed by atoms with Gasteiger partial charge in [-0.2, -0.15) is 0 Å². The molecular weight excluding hydrogens is 917 g/mol. The topological polar surface area (TPSA) is 6.48 Å². The van der Waals surface area contributed by atoms with Gasteiger partial charge in [0.15, 0.2) is 0 Å². The summed E-state index contributed by atoms with van der Waals surface area (Å²) in [5.41, 5.74) is 22.7. The van der Waals surface area contributed by atoms with Crippen LogP contribution in [0.3, 0.4) is 0 Å². The minimum atomic E-state index is -0.580. The van der Waals surface area contributed by atoms with Crippen LogP contribution in [0.1, 0.15) is 44.5 Å². The molecule has 2 heteroatoms. The van der Waals surface area contributed by atoms with E-state index in [0.717, 1.165) is 34.1 Å². The van der Waals surface area contributed by atoms with Crippen molar-refractivity contribution >= 4 is 34.1 Å². The van der Waals surface area contributed by atoms with Crippen LogP contribution >= 0.6 is 0 Å². The van der Waals surface area contributed by atoms with Gasteiger partial charge in [0.1, 0.15) is 0 Å². The van der Waals surface area contributed by atoms with Crippen molar-refractivity contribution in [3.05, 3.63) is 360 Å². The van der Waals surface area contributed by atoms with Crippen molar-refractivity contribution in [2.24, 2.45) is 0 Å². The van der Waals surface area contributed by atoms with Crippen molar-refractivity contribution in [1.82, 2.24) is 0 Å². The lowest BCUT2D eigenvalue weighted by Crippen LogP contribution is -2.29. The van der Waals surface area contributed by atoms with E-state index >= 15 is 0 Å². The number of hydrogen-bond acceptors (Lipinski definition) is 2. The number of benzene rings is 12. The third-order valence-electron chi connectivity index (χ3n) is 16.0. The Morgan fingerprint density at radius 3 is 1.01 bits per heavy atom. The first-order valence-corrected chi connectivity index (χ1v) is 26.3. The minimum absolute atomic E-state index is 0.579. The molecular formula is C74H52N2. The van der Waals surface area contributed by atoms with Crippen LogP contribution in [0.5, 0.6) is 0 Å². The van der Waals surface area contributed by atoms with Crippen LogP contribution < -0.4 is 9.80 Å². The van der Waals surface area contributed by atoms with E-state index in [1.165, 1.54) is 77.9 Å². The second-order valence-electron chi connectivity index (χ2n) is 20.0. The highest BCUT2D eigenvalue weighted by atomic mass is 15.2. The minimum Gasteiger partial charge on any atom is -0.310 e. The van der Waals surface area contributed by atoms with E-state index in [-0.39, 0.29) is 0 Å². The largest absolute Gasteiger partial charge is 0.310 e. The molecule has 0 bridgehead atoms. The first-order chi connectivity index (χ1) is 37.7. The molecule has 14 rings (SSSR count). The highest BCUT2D eigenvalue weighted by molar-refractivity contribution is 5.92. The Kier molecular flexibility index (Phi) is 11.0. The van der Waals surface area contributed by atoms with Crippen molar-refractivity contribution in [3.63, 3.8) is 0 Å². The first kappa shape index (κ1) is 44.9. The lowest BCUT2D eigenvalue weighted by molar-refractivity contribution is 0.767. The summed E-state index contributed by atoms with van der Waals surface area (Å²) in [6, 6.07) is 116. The Hall–Kier alpha value is -9.76. The van der Waals surface area contributed by atoms with Crippen LogP contribution in [0.15, 0.2) is 315 Å². The molecule has 2 nitrogen and oxygen atoms in total. The monoisotopic (exact) mass is 968 g/mol. The fraction of sp³-hybridized carbons (Fsp3) is 0.0270. The Morgan fingerprint density at radius 2 is 0.500 bits per heavy atom. The van der Waals surface area contributed by atoms with Crippen molar-refractivity contribution < 1.29 is 0 Å². The second kappa shape index (κ2) is 18.6. The van der Waals surface area contributed by atoms with Gasteiger partial charge in [0.05, 0.1) is 10.8 Å². The number of rotatable bonds is 11. The molecule has 0 saturated heterocycles. The van der Waals surface area contributed by atoms with Gasteiger partial charge in [0.25, 0.3) is 0 Å². The third kappa shape index (κ3) is 7.10. The van der Waals surface area contributed by atoms with E-state index in [1.54, 1.807) is 0 Å². The Bertz CT molecular complexity index is 3950. The number of nitrogens with zero attached hydrogens (tertiary/aromatic N) is 2. The molecule has 0 spiro atoms. The fourth-order valence-corrected chi connectivity index (χ4v) is 12.8. The molecule has 2 aliphatic rings. The Labute approximate surface area is 445 Å². The molecule has 0 fully saturated rings. The lowest BCUT2D eigenvalue weighted by Gasteiger charge is -2.36. The number of anilines is 6. The number of fused-ring (bicyclic) bond motifs is 6. The van der Waals surface area contributed by atoms with Crippen molar-refractivity contribution in [1.29, 1.82) is 0 Å². The summed E-state index contributed by atoms with van der Waals surface area (Å²) in [7, 11) is 0. The second-order valence-corrected chi connectivity index (χ2v) is 20.0. The van der Waals surface area contributed by atoms with Crippen LogP contribution in [-0.4, -0.2) is 0 Å². The quantitative estimate of drug-likeness (QED) is 0.127. The van der Waals surface area contributed by atoms with Crippen LogP contribution in [0.25, 0.3) is 33.4 Å². The van der Waals surface area contributed by atoms with Gasteiger partial charge in [0.2, 0.25) is 0 Å². The summed E-state index contributed by atoms with van der Waals surface area (Å²) in [5, 5.41) is 0. The standard InChI is InChI=1S/C74H52N2/c1-6-24-53(25-7-1)54-44-46-60(47-45-54)75(59-33-14-5-15-34-59)62-36-23-37-63(51-62)76(61-35-22-32-58(50-61)74(57-30-12-4-13-31-57)70-42-20-16-38-65(70)66-39-17-21-43-71(66)74)64-48-49-68-67-40-18-19-41-69(67)73(72(68)52-64,55-26-8-2-9-27-55)56-28-10-3-11-29-56/h1-52H. The van der Waals surface area contributed by atoms with Gasteiger partial charge < -0.3 is 9.80 Å². The highest BCUT2D eigenvalue weighted by Gasteiger charge is 2.48. The molecule has 0 aliphatic heterocycles.